The van der Waals surface area contributed by atoms with Crippen LogP contribution in [0, 0.1) is 0 Å². The maximum Gasteiger partial charge on any atom is 0.257 e. The van der Waals surface area contributed by atoms with Gasteiger partial charge in [0, 0.05) is 36.0 Å². The van der Waals surface area contributed by atoms with Crippen LogP contribution < -0.4 is 14.8 Å². The number of ether oxygens (including phenoxy) is 2. The minimum absolute atomic E-state index is 0.221. The van der Waals surface area contributed by atoms with E-state index in [9.17, 15) is 4.79 Å². The average Bonchev–Trinajstić information content (AvgIpc) is 2.95. The van der Waals surface area contributed by atoms with E-state index in [4.69, 9.17) is 9.47 Å². The number of thiazole rings is 1. The van der Waals surface area contributed by atoms with Crippen LogP contribution in [0.1, 0.15) is 20.9 Å². The SMILES string of the molecule is COc1cc(OC)cc(C(=O)Nc2nc3c(s2)CN(C)CC3)c1. The number of aromatic nitrogens is 1. The van der Waals surface area contributed by atoms with Crippen LogP contribution >= 0.6 is 11.3 Å². The Balaban J connectivity index is 1.79. The molecule has 6 nitrogen and oxygen atoms in total. The summed E-state index contributed by atoms with van der Waals surface area (Å²) in [5, 5.41) is 3.51. The number of hydrogen-bond donors (Lipinski definition) is 1. The summed E-state index contributed by atoms with van der Waals surface area (Å²) in [6.45, 7) is 1.88. The number of carbonyl (C=O) groups excluding carboxylic acids is 1. The topological polar surface area (TPSA) is 63.7 Å². The fourth-order valence-electron chi connectivity index (χ4n) is 2.48. The predicted molar refractivity (Wildman–Crippen MR) is 89.7 cm³/mol. The third kappa shape index (κ3) is 3.46. The molecule has 1 aromatic heterocycles. The monoisotopic (exact) mass is 333 g/mol. The number of benzene rings is 1. The van der Waals surface area contributed by atoms with E-state index in [1.807, 2.05) is 0 Å². The molecule has 0 spiro atoms. The molecule has 1 aromatic carbocycles. The van der Waals surface area contributed by atoms with Crippen LogP contribution in [-0.2, 0) is 13.0 Å². The molecule has 1 amide bonds. The molecule has 2 heterocycles. The van der Waals surface area contributed by atoms with Crippen LogP contribution in [-0.4, -0.2) is 43.6 Å². The van der Waals surface area contributed by atoms with Crippen molar-refractivity contribution in [2.24, 2.45) is 0 Å². The number of fused-ring (bicyclic) bond motifs is 1. The van der Waals surface area contributed by atoms with E-state index >= 15 is 0 Å². The number of amides is 1. The molecule has 0 radical (unpaired) electrons. The predicted octanol–water partition coefficient (Wildman–Crippen LogP) is 2.40. The van der Waals surface area contributed by atoms with Crippen LogP contribution in [0.3, 0.4) is 0 Å². The molecule has 0 atom stereocenters. The zero-order valence-corrected chi connectivity index (χ0v) is 14.2. The van der Waals surface area contributed by atoms with Gasteiger partial charge in [0.1, 0.15) is 11.5 Å². The van der Waals surface area contributed by atoms with Crippen LogP contribution in [0.15, 0.2) is 18.2 Å². The van der Waals surface area contributed by atoms with Gasteiger partial charge in [0.25, 0.3) is 5.91 Å². The lowest BCUT2D eigenvalue weighted by Crippen LogP contribution is -2.25. The van der Waals surface area contributed by atoms with Crippen molar-refractivity contribution in [2.45, 2.75) is 13.0 Å². The molecule has 0 saturated heterocycles. The molecule has 0 aliphatic carbocycles. The Hall–Kier alpha value is -2.12. The van der Waals surface area contributed by atoms with E-state index < -0.39 is 0 Å². The molecule has 0 unspecified atom stereocenters. The van der Waals surface area contributed by atoms with Gasteiger partial charge in [-0.15, -0.1) is 11.3 Å². The first-order valence-electron chi connectivity index (χ1n) is 7.30. The normalized spacial score (nSPS) is 14.2. The molecule has 1 aliphatic heterocycles. The first-order chi connectivity index (χ1) is 11.1. The average molecular weight is 333 g/mol. The fourth-order valence-corrected chi connectivity index (χ4v) is 3.57. The second-order valence-electron chi connectivity index (χ2n) is 5.43. The second-order valence-corrected chi connectivity index (χ2v) is 6.52. The molecule has 0 fully saturated rings. The second kappa shape index (κ2) is 6.55. The summed E-state index contributed by atoms with van der Waals surface area (Å²) in [5.74, 6) is 0.936. The highest BCUT2D eigenvalue weighted by Gasteiger charge is 2.19. The molecule has 3 rings (SSSR count). The summed E-state index contributed by atoms with van der Waals surface area (Å²) in [6, 6.07) is 5.09. The van der Waals surface area contributed by atoms with E-state index in [0.29, 0.717) is 22.2 Å². The number of likely N-dealkylation sites (N-methyl/N-ethyl adjacent to an activating group) is 1. The molecule has 7 heteroatoms. The molecule has 0 saturated carbocycles. The Bertz CT molecular complexity index is 707. The maximum absolute atomic E-state index is 12.5. The molecule has 2 aromatic rings. The molecule has 1 N–H and O–H groups in total. The molecule has 122 valence electrons. The quantitative estimate of drug-likeness (QED) is 0.931. The third-order valence-corrected chi connectivity index (χ3v) is 4.75. The molecule has 0 bridgehead atoms. The van der Waals surface area contributed by atoms with Gasteiger partial charge in [-0.1, -0.05) is 0 Å². The van der Waals surface area contributed by atoms with Crippen LogP contribution in [0.25, 0.3) is 0 Å². The largest absolute Gasteiger partial charge is 0.497 e. The number of nitrogens with one attached hydrogen (secondary N) is 1. The lowest BCUT2D eigenvalue weighted by Gasteiger charge is -2.20. The first-order valence-corrected chi connectivity index (χ1v) is 8.12. The van der Waals surface area contributed by atoms with Crippen molar-refractivity contribution in [3.63, 3.8) is 0 Å². The van der Waals surface area contributed by atoms with E-state index in [2.05, 4.69) is 22.2 Å². The van der Waals surface area contributed by atoms with E-state index in [1.54, 1.807) is 32.4 Å². The molecule has 23 heavy (non-hydrogen) atoms. The highest BCUT2D eigenvalue weighted by Crippen LogP contribution is 2.29. The number of hydrogen-bond acceptors (Lipinski definition) is 6. The van der Waals surface area contributed by atoms with Crippen molar-refractivity contribution in [3.05, 3.63) is 34.3 Å². The lowest BCUT2D eigenvalue weighted by molar-refractivity contribution is 0.102. The van der Waals surface area contributed by atoms with Crippen LogP contribution in [0.2, 0.25) is 0 Å². The van der Waals surface area contributed by atoms with E-state index in [1.165, 1.54) is 16.2 Å². The van der Waals surface area contributed by atoms with E-state index in [-0.39, 0.29) is 5.91 Å². The minimum atomic E-state index is -0.221. The van der Waals surface area contributed by atoms with Crippen molar-refractivity contribution in [3.8, 4) is 11.5 Å². The van der Waals surface area contributed by atoms with Crippen molar-refractivity contribution in [2.75, 3.05) is 33.1 Å². The van der Waals surface area contributed by atoms with Gasteiger partial charge in [-0.2, -0.15) is 0 Å². The Labute approximate surface area is 139 Å². The van der Waals surface area contributed by atoms with Gasteiger partial charge in [0.15, 0.2) is 5.13 Å². The van der Waals surface area contributed by atoms with Gasteiger partial charge in [-0.3, -0.25) is 10.1 Å². The summed E-state index contributed by atoms with van der Waals surface area (Å²) >= 11 is 1.53. The summed E-state index contributed by atoms with van der Waals surface area (Å²) in [4.78, 5) is 20.5. The first kappa shape index (κ1) is 15.8. The third-order valence-electron chi connectivity index (χ3n) is 3.76. The lowest BCUT2D eigenvalue weighted by atomic mass is 10.2. The number of anilines is 1. The summed E-state index contributed by atoms with van der Waals surface area (Å²) in [6.07, 6.45) is 0.922. The smallest absolute Gasteiger partial charge is 0.257 e. The van der Waals surface area contributed by atoms with Gasteiger partial charge in [0.2, 0.25) is 0 Å². The van der Waals surface area contributed by atoms with Gasteiger partial charge in [-0.25, -0.2) is 4.98 Å². The Kier molecular flexibility index (Phi) is 4.49. The van der Waals surface area contributed by atoms with Gasteiger partial charge in [0.05, 0.1) is 19.9 Å². The summed E-state index contributed by atoms with van der Waals surface area (Å²) in [5.41, 5.74) is 1.57. The van der Waals surface area contributed by atoms with Gasteiger partial charge >= 0.3 is 0 Å². The Morgan fingerprint density at radius 2 is 1.96 bits per heavy atom. The Morgan fingerprint density at radius 1 is 1.26 bits per heavy atom. The number of methoxy groups -OCH3 is 2. The van der Waals surface area contributed by atoms with Gasteiger partial charge in [-0.05, 0) is 19.2 Å². The van der Waals surface area contributed by atoms with Crippen LogP contribution in [0.5, 0.6) is 11.5 Å². The maximum atomic E-state index is 12.5. The van der Waals surface area contributed by atoms with Crippen LogP contribution in [0.4, 0.5) is 5.13 Å². The van der Waals surface area contributed by atoms with Crippen molar-refractivity contribution in [1.82, 2.24) is 9.88 Å². The number of nitrogens with zero attached hydrogens (tertiary/aromatic N) is 2. The van der Waals surface area contributed by atoms with Gasteiger partial charge < -0.3 is 14.4 Å². The molecule has 1 aliphatic rings. The summed E-state index contributed by atoms with van der Waals surface area (Å²) in [7, 11) is 5.20. The number of rotatable bonds is 4. The Morgan fingerprint density at radius 3 is 2.61 bits per heavy atom. The highest BCUT2D eigenvalue weighted by molar-refractivity contribution is 7.15. The standard InChI is InChI=1S/C16H19N3O3S/c1-19-5-4-13-14(9-19)23-16(17-13)18-15(20)10-6-11(21-2)8-12(7-10)22-3/h6-8H,4-5,9H2,1-3H3,(H,17,18,20). The zero-order valence-electron chi connectivity index (χ0n) is 13.4. The minimum Gasteiger partial charge on any atom is -0.497 e. The number of carbonyl (C=O) groups is 1. The highest BCUT2D eigenvalue weighted by atomic mass is 32.1. The van der Waals surface area contributed by atoms with Crippen molar-refractivity contribution < 1.29 is 14.3 Å². The molecular formula is C16H19N3O3S. The summed E-state index contributed by atoms with van der Waals surface area (Å²) < 4.78 is 10.4. The van der Waals surface area contributed by atoms with E-state index in [0.717, 1.165) is 25.2 Å². The van der Waals surface area contributed by atoms with Crippen molar-refractivity contribution >= 4 is 22.4 Å². The fraction of sp³-hybridized carbons (Fsp3) is 0.375. The molecular weight excluding hydrogens is 314 g/mol. The zero-order chi connectivity index (χ0) is 16.4. The van der Waals surface area contributed by atoms with Crippen molar-refractivity contribution in [1.29, 1.82) is 0 Å².